The Morgan fingerprint density at radius 1 is 1.22 bits per heavy atom. The molecule has 138 valence electrons. The third kappa shape index (κ3) is 4.46. The lowest BCUT2D eigenvalue weighted by atomic mass is 10.2. The van der Waals surface area contributed by atoms with Gasteiger partial charge in [-0.25, -0.2) is 9.48 Å². The minimum atomic E-state index is -0.678. The second kappa shape index (κ2) is 8.09. The van der Waals surface area contributed by atoms with Crippen LogP contribution in [0.3, 0.4) is 0 Å². The maximum absolute atomic E-state index is 12.2. The topological polar surface area (TPSA) is 109 Å². The van der Waals surface area contributed by atoms with Crippen LogP contribution in [0, 0.1) is 10.1 Å². The van der Waals surface area contributed by atoms with Crippen molar-refractivity contribution < 1.29 is 19.2 Å². The number of rotatable bonds is 7. The van der Waals surface area contributed by atoms with Crippen molar-refractivity contribution >= 4 is 11.7 Å². The summed E-state index contributed by atoms with van der Waals surface area (Å²) in [5.74, 6) is -0.288. The van der Waals surface area contributed by atoms with Crippen molar-refractivity contribution in [3.63, 3.8) is 0 Å². The van der Waals surface area contributed by atoms with Crippen LogP contribution in [0.2, 0.25) is 0 Å². The maximum atomic E-state index is 12.2. The van der Waals surface area contributed by atoms with Crippen molar-refractivity contribution in [2.24, 2.45) is 0 Å². The molecule has 2 aromatic carbocycles. The van der Waals surface area contributed by atoms with Crippen LogP contribution in [0.5, 0.6) is 5.75 Å². The highest BCUT2D eigenvalue weighted by atomic mass is 16.6. The van der Waals surface area contributed by atoms with Crippen LogP contribution in [0.15, 0.2) is 54.7 Å². The lowest BCUT2D eigenvalue weighted by Crippen LogP contribution is -2.07. The molecule has 1 heterocycles. The molecule has 0 saturated carbocycles. The molecule has 0 bridgehead atoms. The molecule has 27 heavy (non-hydrogen) atoms. The van der Waals surface area contributed by atoms with E-state index in [1.165, 1.54) is 36.2 Å². The van der Waals surface area contributed by atoms with Crippen LogP contribution in [-0.2, 0) is 17.9 Å². The highest BCUT2D eigenvalue weighted by Crippen LogP contribution is 2.24. The molecule has 0 saturated heterocycles. The molecule has 0 atom stereocenters. The van der Waals surface area contributed by atoms with Gasteiger partial charge in [-0.2, -0.15) is 0 Å². The predicted octanol–water partition coefficient (Wildman–Crippen LogP) is 2.60. The van der Waals surface area contributed by atoms with E-state index in [2.05, 4.69) is 10.3 Å². The van der Waals surface area contributed by atoms with Gasteiger partial charge in [0.2, 0.25) is 0 Å². The Labute approximate surface area is 154 Å². The summed E-state index contributed by atoms with van der Waals surface area (Å²) in [5, 5.41) is 18.6. The molecule has 9 heteroatoms. The molecule has 0 spiro atoms. The minimum absolute atomic E-state index is 0.0512. The SMILES string of the molecule is COc1ccc([N+](=O)[O-])cc1COC(=O)c1cn(Cc2ccccc2)nn1. The van der Waals surface area contributed by atoms with Crippen molar-refractivity contribution in [3.8, 4) is 5.75 Å². The first-order valence-corrected chi connectivity index (χ1v) is 7.99. The minimum Gasteiger partial charge on any atom is -0.496 e. The zero-order chi connectivity index (χ0) is 19.2. The van der Waals surface area contributed by atoms with Gasteiger partial charge >= 0.3 is 5.97 Å². The molecule has 0 unspecified atom stereocenters. The largest absolute Gasteiger partial charge is 0.496 e. The number of benzene rings is 2. The number of esters is 1. The van der Waals surface area contributed by atoms with E-state index >= 15 is 0 Å². The summed E-state index contributed by atoms with van der Waals surface area (Å²) in [5.41, 5.74) is 1.34. The Hall–Kier alpha value is -3.75. The van der Waals surface area contributed by atoms with Crippen LogP contribution in [-0.4, -0.2) is 33.0 Å². The third-order valence-corrected chi connectivity index (χ3v) is 3.77. The van der Waals surface area contributed by atoms with Gasteiger partial charge in [-0.3, -0.25) is 10.1 Å². The summed E-state index contributed by atoms with van der Waals surface area (Å²) in [6.07, 6.45) is 1.49. The number of non-ortho nitro benzene ring substituents is 1. The first-order chi connectivity index (χ1) is 13.1. The van der Waals surface area contributed by atoms with Gasteiger partial charge in [0.1, 0.15) is 12.4 Å². The van der Waals surface area contributed by atoms with Crippen molar-refractivity contribution in [2.45, 2.75) is 13.2 Å². The molecule has 3 aromatic rings. The van der Waals surface area contributed by atoms with Crippen LogP contribution in [0.25, 0.3) is 0 Å². The molecule has 0 amide bonds. The Morgan fingerprint density at radius 3 is 2.70 bits per heavy atom. The number of nitro benzene ring substituents is 1. The number of hydrogen-bond donors (Lipinski definition) is 0. The fraction of sp³-hybridized carbons (Fsp3) is 0.167. The van der Waals surface area contributed by atoms with E-state index in [9.17, 15) is 14.9 Å². The van der Waals surface area contributed by atoms with Gasteiger partial charge in [0.25, 0.3) is 5.69 Å². The van der Waals surface area contributed by atoms with E-state index < -0.39 is 10.9 Å². The molecular formula is C18H16N4O5. The molecule has 0 N–H and O–H groups in total. The first kappa shape index (κ1) is 18.1. The molecule has 3 rings (SSSR count). The summed E-state index contributed by atoms with van der Waals surface area (Å²) in [6, 6.07) is 13.7. The zero-order valence-corrected chi connectivity index (χ0v) is 14.4. The molecule has 1 aromatic heterocycles. The Bertz CT molecular complexity index is 955. The van der Waals surface area contributed by atoms with E-state index in [1.54, 1.807) is 0 Å². The molecular weight excluding hydrogens is 352 g/mol. The van der Waals surface area contributed by atoms with E-state index in [1.807, 2.05) is 30.3 Å². The number of ether oxygens (including phenoxy) is 2. The Morgan fingerprint density at radius 2 is 2.00 bits per heavy atom. The van der Waals surface area contributed by atoms with E-state index in [0.717, 1.165) is 5.56 Å². The number of nitro groups is 1. The summed E-state index contributed by atoms with van der Waals surface area (Å²) in [4.78, 5) is 22.6. The summed E-state index contributed by atoms with van der Waals surface area (Å²) < 4.78 is 11.9. The average molecular weight is 368 g/mol. The monoisotopic (exact) mass is 368 g/mol. The Balaban J connectivity index is 1.66. The van der Waals surface area contributed by atoms with E-state index in [4.69, 9.17) is 9.47 Å². The predicted molar refractivity (Wildman–Crippen MR) is 94.3 cm³/mol. The van der Waals surface area contributed by atoms with E-state index in [0.29, 0.717) is 17.9 Å². The highest BCUT2D eigenvalue weighted by molar-refractivity contribution is 5.86. The van der Waals surface area contributed by atoms with Gasteiger partial charge in [-0.05, 0) is 11.6 Å². The number of hydrogen-bond acceptors (Lipinski definition) is 7. The quantitative estimate of drug-likeness (QED) is 0.358. The summed E-state index contributed by atoms with van der Waals surface area (Å²) >= 11 is 0. The van der Waals surface area contributed by atoms with Gasteiger partial charge in [-0.15, -0.1) is 5.10 Å². The van der Waals surface area contributed by atoms with Gasteiger partial charge in [-0.1, -0.05) is 35.5 Å². The summed E-state index contributed by atoms with van der Waals surface area (Å²) in [7, 11) is 1.43. The number of carbonyl (C=O) groups is 1. The fourth-order valence-electron chi connectivity index (χ4n) is 2.45. The molecule has 0 radical (unpaired) electrons. The van der Waals surface area contributed by atoms with Crippen molar-refractivity contribution in [3.05, 3.63) is 81.7 Å². The van der Waals surface area contributed by atoms with Gasteiger partial charge in [0, 0.05) is 17.7 Å². The molecule has 9 nitrogen and oxygen atoms in total. The van der Waals surface area contributed by atoms with Crippen LogP contribution >= 0.6 is 0 Å². The number of nitrogens with zero attached hydrogens (tertiary/aromatic N) is 4. The lowest BCUT2D eigenvalue weighted by Gasteiger charge is -2.08. The van der Waals surface area contributed by atoms with Crippen LogP contribution in [0.1, 0.15) is 21.6 Å². The van der Waals surface area contributed by atoms with Crippen LogP contribution < -0.4 is 4.74 Å². The fourth-order valence-corrected chi connectivity index (χ4v) is 2.45. The first-order valence-electron chi connectivity index (χ1n) is 7.99. The molecule has 0 aliphatic heterocycles. The van der Waals surface area contributed by atoms with Crippen molar-refractivity contribution in [1.82, 2.24) is 15.0 Å². The average Bonchev–Trinajstić information content (AvgIpc) is 3.15. The second-order valence-corrected chi connectivity index (χ2v) is 5.62. The van der Waals surface area contributed by atoms with Gasteiger partial charge in [0.15, 0.2) is 5.69 Å². The van der Waals surface area contributed by atoms with Crippen molar-refractivity contribution in [2.75, 3.05) is 7.11 Å². The highest BCUT2D eigenvalue weighted by Gasteiger charge is 2.16. The normalized spacial score (nSPS) is 10.4. The Kier molecular flexibility index (Phi) is 5.41. The number of methoxy groups -OCH3 is 1. The molecule has 0 aliphatic rings. The zero-order valence-electron chi connectivity index (χ0n) is 14.4. The molecule has 0 aliphatic carbocycles. The van der Waals surface area contributed by atoms with Gasteiger partial charge in [0.05, 0.1) is 24.8 Å². The number of carbonyl (C=O) groups excluding carboxylic acids is 1. The van der Waals surface area contributed by atoms with E-state index in [-0.39, 0.29) is 18.0 Å². The summed E-state index contributed by atoms with van der Waals surface area (Å²) in [6.45, 7) is 0.287. The lowest BCUT2D eigenvalue weighted by molar-refractivity contribution is -0.385. The standard InChI is InChI=1S/C18H16N4O5/c1-26-17-8-7-15(22(24)25)9-14(17)12-27-18(23)16-11-21(20-19-16)10-13-5-3-2-4-6-13/h2-9,11H,10,12H2,1H3. The van der Waals surface area contributed by atoms with Crippen molar-refractivity contribution in [1.29, 1.82) is 0 Å². The molecule has 0 fully saturated rings. The van der Waals surface area contributed by atoms with Crippen LogP contribution in [0.4, 0.5) is 5.69 Å². The maximum Gasteiger partial charge on any atom is 0.360 e. The smallest absolute Gasteiger partial charge is 0.360 e. The second-order valence-electron chi connectivity index (χ2n) is 5.62. The number of aromatic nitrogens is 3. The third-order valence-electron chi connectivity index (χ3n) is 3.77. The van der Waals surface area contributed by atoms with Gasteiger partial charge < -0.3 is 9.47 Å².